The quantitative estimate of drug-likeness (QED) is 0.556. The Bertz CT molecular complexity index is 611. The molecule has 1 aromatic rings. The topological polar surface area (TPSA) is 99.3 Å². The molecule has 0 aliphatic carbocycles. The molecule has 0 saturated carbocycles. The fraction of sp³-hybridized carbons (Fsp3) is 0.400. The van der Waals surface area contributed by atoms with Crippen LogP contribution in [0.1, 0.15) is 12.8 Å². The fourth-order valence-electron chi connectivity index (χ4n) is 2.18. The lowest BCUT2D eigenvalue weighted by Gasteiger charge is -2.30. The summed E-state index contributed by atoms with van der Waals surface area (Å²) in [6.07, 6.45) is 0.474. The predicted octanol–water partition coefficient (Wildman–Crippen LogP) is 1.02. The maximum Gasteiger partial charge on any atom is 0.234 e. The number of carbonyl (C=O) groups excluding carboxylic acids is 3. The van der Waals surface area contributed by atoms with Gasteiger partial charge in [-0.25, -0.2) is 0 Å². The van der Waals surface area contributed by atoms with E-state index < -0.39 is 5.50 Å². The smallest absolute Gasteiger partial charge is 0.234 e. The maximum absolute atomic E-state index is 12.0. The lowest BCUT2D eigenvalue weighted by molar-refractivity contribution is -0.125. The summed E-state index contributed by atoms with van der Waals surface area (Å²) in [4.78, 5) is 35.1. The molecule has 1 aliphatic heterocycles. The first kappa shape index (κ1) is 18.8. The van der Waals surface area contributed by atoms with Crippen molar-refractivity contribution < 1.29 is 14.4 Å². The average molecular weight is 415 g/mol. The molecule has 2 unspecified atom stereocenters. The van der Waals surface area contributed by atoms with E-state index in [1.165, 1.54) is 11.8 Å². The van der Waals surface area contributed by atoms with Crippen LogP contribution in [0.2, 0.25) is 0 Å². The monoisotopic (exact) mass is 414 g/mol. The van der Waals surface area contributed by atoms with Gasteiger partial charge in [0.25, 0.3) is 0 Å². The second-order valence-electron chi connectivity index (χ2n) is 5.26. The number of halogens is 1. The summed E-state index contributed by atoms with van der Waals surface area (Å²) in [5.41, 5.74) is 0.318. The van der Waals surface area contributed by atoms with Gasteiger partial charge in [-0.15, -0.1) is 11.8 Å². The number of anilines is 1. The molecular formula is C15H19BrN4O3S. The lowest BCUT2D eigenvalue weighted by atomic mass is 10.1. The molecule has 2 rings (SSSR count). The van der Waals surface area contributed by atoms with Gasteiger partial charge in [-0.3, -0.25) is 19.7 Å². The zero-order valence-corrected chi connectivity index (χ0v) is 15.5. The number of benzene rings is 1. The summed E-state index contributed by atoms with van der Waals surface area (Å²) < 4.78 is 0.936. The Morgan fingerprint density at radius 2 is 2.00 bits per heavy atom. The molecule has 2 atom stereocenters. The summed E-state index contributed by atoms with van der Waals surface area (Å²) in [6, 6.07) is 7.05. The summed E-state index contributed by atoms with van der Waals surface area (Å²) in [5, 5.41) is 11.2. The number of hydrogen-bond donors (Lipinski definition) is 4. The maximum atomic E-state index is 12.0. The van der Waals surface area contributed by atoms with Gasteiger partial charge >= 0.3 is 0 Å². The zero-order chi connectivity index (χ0) is 17.5. The molecular weight excluding hydrogens is 396 g/mol. The highest BCUT2D eigenvalue weighted by atomic mass is 79.9. The van der Waals surface area contributed by atoms with Crippen LogP contribution in [0.25, 0.3) is 0 Å². The van der Waals surface area contributed by atoms with E-state index in [0.717, 1.165) is 4.47 Å². The van der Waals surface area contributed by atoms with Crippen LogP contribution in [-0.4, -0.2) is 42.1 Å². The highest BCUT2D eigenvalue weighted by Crippen LogP contribution is 2.16. The second-order valence-corrected chi connectivity index (χ2v) is 7.27. The summed E-state index contributed by atoms with van der Waals surface area (Å²) in [6.45, 7) is 0. The van der Waals surface area contributed by atoms with Crippen LogP contribution in [0.3, 0.4) is 0 Å². The second kappa shape index (κ2) is 9.05. The lowest BCUT2D eigenvalue weighted by Crippen LogP contribution is -2.55. The minimum absolute atomic E-state index is 0.126. The highest BCUT2D eigenvalue weighted by Gasteiger charge is 2.27. The molecule has 1 aromatic carbocycles. The number of hydrogen-bond acceptors (Lipinski definition) is 5. The molecule has 1 fully saturated rings. The molecule has 0 radical (unpaired) electrons. The van der Waals surface area contributed by atoms with E-state index in [1.54, 1.807) is 19.2 Å². The standard InChI is InChI=1S/C15H19BrN4O3S/c1-17-12(21)6-11-7-13(22)20-15(19-11)24-8-14(23)18-10-4-2-9(16)3-5-10/h2-5,11,15,19H,6-8H2,1H3,(H,17,21)(H,18,23)(H,20,22). The van der Waals surface area contributed by atoms with Crippen LogP contribution in [0, 0.1) is 0 Å². The van der Waals surface area contributed by atoms with Gasteiger partial charge in [-0.2, -0.15) is 0 Å². The molecule has 9 heteroatoms. The molecule has 0 spiro atoms. The number of amides is 3. The summed E-state index contributed by atoms with van der Waals surface area (Å²) in [5.74, 6) is -0.236. The number of rotatable bonds is 6. The van der Waals surface area contributed by atoms with E-state index in [4.69, 9.17) is 0 Å². The van der Waals surface area contributed by atoms with Gasteiger partial charge in [0, 0.05) is 36.1 Å². The van der Waals surface area contributed by atoms with Crippen molar-refractivity contribution in [3.05, 3.63) is 28.7 Å². The third-order valence-corrected chi connectivity index (χ3v) is 4.88. The van der Waals surface area contributed by atoms with Crippen molar-refractivity contribution in [1.82, 2.24) is 16.0 Å². The Morgan fingerprint density at radius 3 is 2.67 bits per heavy atom. The highest BCUT2D eigenvalue weighted by molar-refractivity contribution is 9.10. The van der Waals surface area contributed by atoms with E-state index in [0.29, 0.717) is 5.69 Å². The molecule has 130 valence electrons. The van der Waals surface area contributed by atoms with Crippen molar-refractivity contribution in [3.8, 4) is 0 Å². The van der Waals surface area contributed by atoms with Crippen molar-refractivity contribution in [2.75, 3.05) is 18.1 Å². The predicted molar refractivity (Wildman–Crippen MR) is 97.4 cm³/mol. The van der Waals surface area contributed by atoms with Crippen molar-refractivity contribution in [2.24, 2.45) is 0 Å². The largest absolute Gasteiger partial charge is 0.359 e. The van der Waals surface area contributed by atoms with Gasteiger partial charge in [0.2, 0.25) is 17.7 Å². The Morgan fingerprint density at radius 1 is 1.29 bits per heavy atom. The summed E-state index contributed by atoms with van der Waals surface area (Å²) in [7, 11) is 1.56. The normalized spacial score (nSPS) is 20.2. The van der Waals surface area contributed by atoms with E-state index in [2.05, 4.69) is 37.2 Å². The molecule has 0 aromatic heterocycles. The Balaban J connectivity index is 1.79. The van der Waals surface area contributed by atoms with Crippen molar-refractivity contribution in [3.63, 3.8) is 0 Å². The van der Waals surface area contributed by atoms with Gasteiger partial charge in [-0.05, 0) is 24.3 Å². The average Bonchev–Trinajstić information content (AvgIpc) is 2.54. The van der Waals surface area contributed by atoms with Crippen LogP contribution in [-0.2, 0) is 14.4 Å². The number of thioether (sulfide) groups is 1. The molecule has 24 heavy (non-hydrogen) atoms. The van der Waals surface area contributed by atoms with Gasteiger partial charge in [0.05, 0.1) is 5.75 Å². The zero-order valence-electron chi connectivity index (χ0n) is 13.1. The third kappa shape index (κ3) is 6.14. The molecule has 7 nitrogen and oxygen atoms in total. The summed E-state index contributed by atoms with van der Waals surface area (Å²) >= 11 is 4.61. The SMILES string of the molecule is CNC(=O)CC1CC(=O)NC(SCC(=O)Nc2ccc(Br)cc2)N1. The Kier molecular flexibility index (Phi) is 7.07. The first-order chi connectivity index (χ1) is 11.5. The number of nitrogens with one attached hydrogen (secondary N) is 4. The van der Waals surface area contributed by atoms with Crippen molar-refractivity contribution in [2.45, 2.75) is 24.4 Å². The Labute approximate surface area is 152 Å². The van der Waals surface area contributed by atoms with E-state index >= 15 is 0 Å². The van der Waals surface area contributed by atoms with Gasteiger partial charge in [-0.1, -0.05) is 15.9 Å². The first-order valence-electron chi connectivity index (χ1n) is 7.39. The van der Waals surface area contributed by atoms with Crippen LogP contribution >= 0.6 is 27.7 Å². The molecule has 1 heterocycles. The molecule has 1 aliphatic rings. The third-order valence-electron chi connectivity index (χ3n) is 3.33. The molecule has 3 amide bonds. The van der Waals surface area contributed by atoms with Crippen LogP contribution in [0.5, 0.6) is 0 Å². The van der Waals surface area contributed by atoms with Gasteiger partial charge in [0.1, 0.15) is 5.50 Å². The van der Waals surface area contributed by atoms with Crippen molar-refractivity contribution in [1.29, 1.82) is 0 Å². The van der Waals surface area contributed by atoms with E-state index in [9.17, 15) is 14.4 Å². The molecule has 0 bridgehead atoms. The van der Waals surface area contributed by atoms with Crippen LogP contribution in [0.4, 0.5) is 5.69 Å². The minimum Gasteiger partial charge on any atom is -0.359 e. The van der Waals surface area contributed by atoms with Crippen LogP contribution < -0.4 is 21.3 Å². The van der Waals surface area contributed by atoms with Gasteiger partial charge < -0.3 is 16.0 Å². The Hall–Kier alpha value is -1.58. The van der Waals surface area contributed by atoms with Gasteiger partial charge in [0.15, 0.2) is 0 Å². The van der Waals surface area contributed by atoms with E-state index in [1.807, 2.05) is 12.1 Å². The van der Waals surface area contributed by atoms with Crippen molar-refractivity contribution >= 4 is 51.1 Å². The molecule has 1 saturated heterocycles. The molecule has 4 N–H and O–H groups in total. The number of carbonyl (C=O) groups is 3. The minimum atomic E-state index is -0.392. The first-order valence-corrected chi connectivity index (χ1v) is 9.23. The fourth-order valence-corrected chi connectivity index (χ4v) is 3.34. The van der Waals surface area contributed by atoms with E-state index in [-0.39, 0.29) is 42.4 Å². The van der Waals surface area contributed by atoms with Crippen LogP contribution in [0.15, 0.2) is 28.7 Å².